The Kier molecular flexibility index (Phi) is 4.74. The van der Waals surface area contributed by atoms with Gasteiger partial charge in [-0.1, -0.05) is 41.7 Å². The maximum absolute atomic E-state index is 11.8. The zero-order chi connectivity index (χ0) is 14.5. The Balaban J connectivity index is 2.11. The minimum Gasteiger partial charge on any atom is -0.462 e. The first-order valence-corrected chi connectivity index (χ1v) is 7.39. The van der Waals surface area contributed by atoms with E-state index in [1.807, 2.05) is 25.1 Å². The summed E-state index contributed by atoms with van der Waals surface area (Å²) >= 11 is 1.33. The quantitative estimate of drug-likeness (QED) is 0.851. The Morgan fingerprint density at radius 2 is 2.10 bits per heavy atom. The summed E-state index contributed by atoms with van der Waals surface area (Å²) in [7, 11) is 0. The van der Waals surface area contributed by atoms with E-state index in [2.05, 4.69) is 29.4 Å². The molecule has 0 radical (unpaired) electrons. The van der Waals surface area contributed by atoms with E-state index in [1.54, 1.807) is 6.92 Å². The van der Waals surface area contributed by atoms with Crippen LogP contribution in [-0.2, 0) is 4.74 Å². The third-order valence-corrected chi connectivity index (χ3v) is 3.97. The van der Waals surface area contributed by atoms with Gasteiger partial charge in [0.05, 0.1) is 18.3 Å². The molecule has 0 saturated carbocycles. The number of benzene rings is 1. The van der Waals surface area contributed by atoms with E-state index in [0.717, 1.165) is 5.13 Å². The average molecular weight is 290 g/mol. The van der Waals surface area contributed by atoms with Gasteiger partial charge in [-0.25, -0.2) is 9.78 Å². The predicted molar refractivity (Wildman–Crippen MR) is 81.3 cm³/mol. The number of nitrogens with one attached hydrogen (secondary N) is 1. The van der Waals surface area contributed by atoms with Crippen LogP contribution in [-0.4, -0.2) is 17.6 Å². The highest BCUT2D eigenvalue weighted by Crippen LogP contribution is 2.27. The summed E-state index contributed by atoms with van der Waals surface area (Å²) in [5.74, 6) is -0.303. The fourth-order valence-electron chi connectivity index (χ4n) is 1.85. The Bertz CT molecular complexity index is 581. The molecular formula is C15H18N2O2S. The molecule has 0 spiro atoms. The molecule has 2 rings (SSSR count). The molecule has 1 atom stereocenters. The van der Waals surface area contributed by atoms with Crippen molar-refractivity contribution in [3.8, 4) is 0 Å². The topological polar surface area (TPSA) is 51.2 Å². The van der Waals surface area contributed by atoms with Gasteiger partial charge in [0, 0.05) is 0 Å². The number of nitrogens with zero attached hydrogens (tertiary/aromatic N) is 1. The van der Waals surface area contributed by atoms with Crippen molar-refractivity contribution in [1.82, 2.24) is 4.98 Å². The summed E-state index contributed by atoms with van der Waals surface area (Å²) in [6, 6.07) is 10.3. The fraction of sp³-hybridized carbons (Fsp3) is 0.333. The Hall–Kier alpha value is -1.88. The van der Waals surface area contributed by atoms with Crippen molar-refractivity contribution in [2.45, 2.75) is 26.8 Å². The van der Waals surface area contributed by atoms with Gasteiger partial charge in [0.2, 0.25) is 0 Å². The van der Waals surface area contributed by atoms with Gasteiger partial charge in [0.25, 0.3) is 0 Å². The van der Waals surface area contributed by atoms with Crippen molar-refractivity contribution in [3.63, 3.8) is 0 Å². The van der Waals surface area contributed by atoms with Gasteiger partial charge in [-0.3, -0.25) is 0 Å². The van der Waals surface area contributed by atoms with Crippen molar-refractivity contribution in [3.05, 3.63) is 46.5 Å². The smallest absolute Gasteiger partial charge is 0.350 e. The number of aryl methyl sites for hydroxylation is 1. The maximum Gasteiger partial charge on any atom is 0.350 e. The lowest BCUT2D eigenvalue weighted by atomic mass is 10.1. The third-order valence-electron chi connectivity index (χ3n) is 2.90. The van der Waals surface area contributed by atoms with Crippen molar-refractivity contribution in [2.75, 3.05) is 11.9 Å². The molecule has 106 valence electrons. The molecule has 1 N–H and O–H groups in total. The molecule has 1 heterocycles. The second kappa shape index (κ2) is 6.52. The van der Waals surface area contributed by atoms with Gasteiger partial charge in [-0.05, 0) is 26.3 Å². The lowest BCUT2D eigenvalue weighted by molar-refractivity contribution is 0.0531. The first-order chi connectivity index (χ1) is 9.61. The van der Waals surface area contributed by atoms with Gasteiger partial charge in [0.1, 0.15) is 4.88 Å². The van der Waals surface area contributed by atoms with Crippen molar-refractivity contribution in [1.29, 1.82) is 0 Å². The average Bonchev–Trinajstić information content (AvgIpc) is 2.81. The fourth-order valence-corrected chi connectivity index (χ4v) is 2.80. The molecule has 4 nitrogen and oxygen atoms in total. The summed E-state index contributed by atoms with van der Waals surface area (Å²) in [5, 5.41) is 4.05. The van der Waals surface area contributed by atoms with Crippen molar-refractivity contribution in [2.24, 2.45) is 0 Å². The first-order valence-electron chi connectivity index (χ1n) is 6.57. The largest absolute Gasteiger partial charge is 0.462 e. The van der Waals surface area contributed by atoms with Gasteiger partial charge in [-0.15, -0.1) is 0 Å². The highest BCUT2D eigenvalue weighted by atomic mass is 32.1. The maximum atomic E-state index is 11.8. The molecule has 5 heteroatoms. The minimum absolute atomic E-state index is 0.136. The van der Waals surface area contributed by atoms with Crippen LogP contribution in [0.25, 0.3) is 0 Å². The van der Waals surface area contributed by atoms with E-state index in [1.165, 1.54) is 16.9 Å². The highest BCUT2D eigenvalue weighted by molar-refractivity contribution is 7.17. The van der Waals surface area contributed by atoms with E-state index in [0.29, 0.717) is 17.2 Å². The Labute approximate surface area is 122 Å². The zero-order valence-corrected chi connectivity index (χ0v) is 12.7. The monoisotopic (exact) mass is 290 g/mol. The summed E-state index contributed by atoms with van der Waals surface area (Å²) in [6.07, 6.45) is 0. The van der Waals surface area contributed by atoms with Crippen LogP contribution in [0, 0.1) is 6.92 Å². The lowest BCUT2D eigenvalue weighted by Gasteiger charge is -2.12. The molecule has 0 unspecified atom stereocenters. The van der Waals surface area contributed by atoms with Crippen LogP contribution in [0.3, 0.4) is 0 Å². The van der Waals surface area contributed by atoms with Gasteiger partial charge >= 0.3 is 5.97 Å². The number of rotatable bonds is 5. The molecule has 1 aromatic carbocycles. The Morgan fingerprint density at radius 3 is 2.75 bits per heavy atom. The molecule has 0 aliphatic rings. The summed E-state index contributed by atoms with van der Waals surface area (Å²) < 4.78 is 5.02. The second-order valence-corrected chi connectivity index (χ2v) is 5.43. The summed E-state index contributed by atoms with van der Waals surface area (Å²) in [6.45, 7) is 6.06. The van der Waals surface area contributed by atoms with Crippen molar-refractivity contribution < 1.29 is 9.53 Å². The Morgan fingerprint density at radius 1 is 1.40 bits per heavy atom. The molecule has 0 aliphatic carbocycles. The molecule has 0 bridgehead atoms. The van der Waals surface area contributed by atoms with E-state index in [4.69, 9.17) is 4.74 Å². The minimum atomic E-state index is -0.303. The number of hydrogen-bond acceptors (Lipinski definition) is 5. The lowest BCUT2D eigenvalue weighted by Crippen LogP contribution is -2.05. The van der Waals surface area contributed by atoms with Crippen LogP contribution in [0.4, 0.5) is 5.13 Å². The molecule has 20 heavy (non-hydrogen) atoms. The van der Waals surface area contributed by atoms with Crippen molar-refractivity contribution >= 4 is 22.4 Å². The van der Waals surface area contributed by atoms with Gasteiger partial charge in [-0.2, -0.15) is 0 Å². The molecule has 0 saturated heterocycles. The summed E-state index contributed by atoms with van der Waals surface area (Å²) in [4.78, 5) is 16.7. The first kappa shape index (κ1) is 14.5. The number of aromatic nitrogens is 1. The number of esters is 1. The van der Waals surface area contributed by atoms with Crippen LogP contribution in [0.2, 0.25) is 0 Å². The second-order valence-electron chi connectivity index (χ2n) is 4.43. The van der Waals surface area contributed by atoms with Crippen LogP contribution >= 0.6 is 11.3 Å². The normalized spacial score (nSPS) is 11.9. The number of ether oxygens (including phenoxy) is 1. The van der Waals surface area contributed by atoms with Crippen LogP contribution in [0.5, 0.6) is 0 Å². The SMILES string of the molecule is CCOC(=O)c1sc(N[C@H](C)c2ccccc2)nc1C. The number of carbonyl (C=O) groups is 1. The number of hydrogen-bond donors (Lipinski definition) is 1. The van der Waals surface area contributed by atoms with Gasteiger partial charge in [0.15, 0.2) is 5.13 Å². The van der Waals surface area contributed by atoms with Crippen LogP contribution in [0.15, 0.2) is 30.3 Å². The van der Waals surface area contributed by atoms with E-state index in [-0.39, 0.29) is 12.0 Å². The van der Waals surface area contributed by atoms with Gasteiger partial charge < -0.3 is 10.1 Å². The molecule has 2 aromatic rings. The van der Waals surface area contributed by atoms with E-state index >= 15 is 0 Å². The molecule has 0 fully saturated rings. The zero-order valence-electron chi connectivity index (χ0n) is 11.8. The number of anilines is 1. The molecular weight excluding hydrogens is 272 g/mol. The molecule has 0 amide bonds. The number of thiazole rings is 1. The standard InChI is InChI=1S/C15H18N2O2S/c1-4-19-14(18)13-11(3)17-15(20-13)16-10(2)12-8-6-5-7-9-12/h5-10H,4H2,1-3H3,(H,16,17)/t10-/m1/s1. The predicted octanol–water partition coefficient (Wildman–Crippen LogP) is 3.80. The third kappa shape index (κ3) is 3.36. The van der Waals surface area contributed by atoms with Crippen LogP contribution in [0.1, 0.15) is 40.8 Å². The van der Waals surface area contributed by atoms with Crippen LogP contribution < -0.4 is 5.32 Å². The van der Waals surface area contributed by atoms with E-state index < -0.39 is 0 Å². The molecule has 0 aliphatic heterocycles. The van der Waals surface area contributed by atoms with E-state index in [9.17, 15) is 4.79 Å². The molecule has 1 aromatic heterocycles. The summed E-state index contributed by atoms with van der Waals surface area (Å²) in [5.41, 5.74) is 1.88. The highest BCUT2D eigenvalue weighted by Gasteiger charge is 2.17. The number of carbonyl (C=O) groups excluding carboxylic acids is 1.